The lowest BCUT2D eigenvalue weighted by atomic mass is 9.88. The summed E-state index contributed by atoms with van der Waals surface area (Å²) >= 11 is 11.4. The van der Waals surface area contributed by atoms with Gasteiger partial charge in [0.1, 0.15) is 11.4 Å². The van der Waals surface area contributed by atoms with E-state index in [1.54, 1.807) is 12.1 Å². The summed E-state index contributed by atoms with van der Waals surface area (Å²) in [6.07, 6.45) is 4.76. The predicted octanol–water partition coefficient (Wildman–Crippen LogP) is 4.36. The number of thiocarbonyl (C=S) groups is 1. The van der Waals surface area contributed by atoms with Crippen LogP contribution in [0, 0.1) is 0 Å². The fourth-order valence-corrected chi connectivity index (χ4v) is 4.26. The van der Waals surface area contributed by atoms with Crippen LogP contribution in [0.5, 0.6) is 0 Å². The molecule has 2 N–H and O–H groups in total. The molecule has 1 aromatic carbocycles. The topological polar surface area (TPSA) is 88.1 Å². The molecule has 8 nitrogen and oxygen atoms in total. The monoisotopic (exact) mass is 487 g/mol. The van der Waals surface area contributed by atoms with E-state index in [2.05, 4.69) is 49.9 Å². The Morgan fingerprint density at radius 1 is 1.21 bits per heavy atom. The zero-order valence-electron chi connectivity index (χ0n) is 18.1. The van der Waals surface area contributed by atoms with Crippen LogP contribution in [0.2, 0.25) is 5.02 Å². The van der Waals surface area contributed by atoms with Gasteiger partial charge in [0.2, 0.25) is 5.90 Å². The van der Waals surface area contributed by atoms with E-state index >= 15 is 0 Å². The summed E-state index contributed by atoms with van der Waals surface area (Å²) in [5.41, 5.74) is 0.882. The van der Waals surface area contributed by atoms with Gasteiger partial charge in [-0.2, -0.15) is 0 Å². The molecule has 1 aromatic heterocycles. The van der Waals surface area contributed by atoms with Crippen LogP contribution in [-0.2, 0) is 16.0 Å². The van der Waals surface area contributed by atoms with Gasteiger partial charge in [-0.25, -0.2) is 9.78 Å². The maximum Gasteiger partial charge on any atom is 0.419 e. The molecule has 4 rings (SSSR count). The number of carbonyl (C=O) groups is 1. The second-order valence-electron chi connectivity index (χ2n) is 8.12. The van der Waals surface area contributed by atoms with Crippen molar-refractivity contribution in [3.05, 3.63) is 59.2 Å². The molecule has 1 spiro atoms. The second-order valence-corrected chi connectivity index (χ2v) is 8.94. The minimum atomic E-state index is -0.664. The number of aromatic nitrogens is 1. The first-order chi connectivity index (χ1) is 16.0. The molecule has 2 aliphatic rings. The van der Waals surface area contributed by atoms with Crippen LogP contribution >= 0.6 is 23.8 Å². The summed E-state index contributed by atoms with van der Waals surface area (Å²) in [6, 6.07) is 13.7. The Kier molecular flexibility index (Phi) is 7.61. The molecular weight excluding hydrogens is 462 g/mol. The number of amides is 1. The van der Waals surface area contributed by atoms with Crippen molar-refractivity contribution in [1.29, 1.82) is 0 Å². The SMILES string of the molecule is O=C(Nc1ccc(Cl)cn1)OC1=NOC2(CCN(C(=S)NCCCc3ccccc3)CC2)C1. The highest BCUT2D eigenvalue weighted by Gasteiger charge is 2.43. The summed E-state index contributed by atoms with van der Waals surface area (Å²) in [5.74, 6) is 0.605. The lowest BCUT2D eigenvalue weighted by Crippen LogP contribution is -2.50. The number of nitrogens with zero attached hydrogens (tertiary/aromatic N) is 3. The van der Waals surface area contributed by atoms with Gasteiger partial charge in [0, 0.05) is 38.7 Å². The Balaban J connectivity index is 1.15. The highest BCUT2D eigenvalue weighted by atomic mass is 35.5. The first kappa shape index (κ1) is 23.3. The molecule has 0 unspecified atom stereocenters. The maximum absolute atomic E-state index is 12.1. The number of anilines is 1. The lowest BCUT2D eigenvalue weighted by Gasteiger charge is -2.38. The number of benzene rings is 1. The van der Waals surface area contributed by atoms with Gasteiger partial charge in [0.25, 0.3) is 0 Å². The number of carbonyl (C=O) groups excluding carboxylic acids is 1. The molecule has 1 amide bonds. The predicted molar refractivity (Wildman–Crippen MR) is 131 cm³/mol. The average Bonchev–Trinajstić information content (AvgIpc) is 3.20. The molecular formula is C23H26ClN5O3S. The van der Waals surface area contributed by atoms with Gasteiger partial charge in [0.15, 0.2) is 5.11 Å². The second kappa shape index (κ2) is 10.8. The Bertz CT molecular complexity index is 995. The third-order valence-corrected chi connectivity index (χ3v) is 6.33. The Morgan fingerprint density at radius 3 is 2.73 bits per heavy atom. The van der Waals surface area contributed by atoms with E-state index in [1.165, 1.54) is 11.8 Å². The highest BCUT2D eigenvalue weighted by Crippen LogP contribution is 2.35. The molecule has 3 heterocycles. The summed E-state index contributed by atoms with van der Waals surface area (Å²) in [5, 5.41) is 11.1. The third-order valence-electron chi connectivity index (χ3n) is 5.71. The van der Waals surface area contributed by atoms with Gasteiger partial charge in [-0.3, -0.25) is 5.32 Å². The van der Waals surface area contributed by atoms with Crippen molar-refractivity contribution in [3.63, 3.8) is 0 Å². The van der Waals surface area contributed by atoms with Crippen LogP contribution in [0.1, 0.15) is 31.2 Å². The fraction of sp³-hybridized carbons (Fsp3) is 0.391. The summed E-state index contributed by atoms with van der Waals surface area (Å²) in [6.45, 7) is 2.35. The maximum atomic E-state index is 12.1. The van der Waals surface area contributed by atoms with Crippen molar-refractivity contribution in [2.45, 2.75) is 37.7 Å². The molecule has 1 saturated heterocycles. The van der Waals surface area contributed by atoms with Gasteiger partial charge < -0.3 is 19.8 Å². The number of halogens is 1. The summed E-state index contributed by atoms with van der Waals surface area (Å²) < 4.78 is 5.30. The molecule has 1 fully saturated rings. The number of piperidine rings is 1. The minimum Gasteiger partial charge on any atom is -0.392 e. The highest BCUT2D eigenvalue weighted by molar-refractivity contribution is 7.80. The number of rotatable bonds is 5. The van der Waals surface area contributed by atoms with Crippen molar-refractivity contribution in [2.24, 2.45) is 5.16 Å². The number of nitrogens with one attached hydrogen (secondary N) is 2. The van der Waals surface area contributed by atoms with Crippen molar-refractivity contribution >= 4 is 46.7 Å². The number of hydrogen-bond donors (Lipinski definition) is 2. The molecule has 174 valence electrons. The molecule has 0 aliphatic carbocycles. The largest absolute Gasteiger partial charge is 0.419 e. The molecule has 0 radical (unpaired) electrons. The van der Waals surface area contributed by atoms with E-state index in [-0.39, 0.29) is 5.90 Å². The molecule has 2 aliphatic heterocycles. The first-order valence-corrected chi connectivity index (χ1v) is 11.7. The number of ether oxygens (including phenoxy) is 1. The van der Waals surface area contributed by atoms with Crippen LogP contribution < -0.4 is 10.6 Å². The molecule has 33 heavy (non-hydrogen) atoms. The van der Waals surface area contributed by atoms with E-state index < -0.39 is 11.7 Å². The molecule has 2 aromatic rings. The number of aryl methyl sites for hydroxylation is 1. The number of oxime groups is 1. The van der Waals surface area contributed by atoms with E-state index in [1.807, 2.05) is 6.07 Å². The first-order valence-electron chi connectivity index (χ1n) is 10.9. The van der Waals surface area contributed by atoms with Crippen molar-refractivity contribution in [3.8, 4) is 0 Å². The van der Waals surface area contributed by atoms with Gasteiger partial charge in [-0.1, -0.05) is 47.1 Å². The van der Waals surface area contributed by atoms with E-state index in [9.17, 15) is 4.79 Å². The Labute approximate surface area is 203 Å². The van der Waals surface area contributed by atoms with Crippen LogP contribution in [0.25, 0.3) is 0 Å². The number of pyridine rings is 1. The Hall–Kier alpha value is -2.91. The number of likely N-dealkylation sites (tertiary alicyclic amines) is 1. The van der Waals surface area contributed by atoms with Crippen LogP contribution in [0.15, 0.2) is 53.8 Å². The van der Waals surface area contributed by atoms with Crippen molar-refractivity contribution < 1.29 is 14.4 Å². The van der Waals surface area contributed by atoms with Gasteiger partial charge in [-0.15, -0.1) is 0 Å². The van der Waals surface area contributed by atoms with Crippen molar-refractivity contribution in [1.82, 2.24) is 15.2 Å². The fourth-order valence-electron chi connectivity index (χ4n) is 3.86. The molecule has 0 saturated carbocycles. The summed E-state index contributed by atoms with van der Waals surface area (Å²) in [7, 11) is 0. The molecule has 10 heteroatoms. The summed E-state index contributed by atoms with van der Waals surface area (Å²) in [4.78, 5) is 24.0. The quantitative estimate of drug-likeness (QED) is 0.478. The van der Waals surface area contributed by atoms with Crippen LogP contribution in [0.4, 0.5) is 10.6 Å². The average molecular weight is 488 g/mol. The molecule has 0 atom stereocenters. The Morgan fingerprint density at radius 2 is 2.00 bits per heavy atom. The van der Waals surface area contributed by atoms with Gasteiger partial charge >= 0.3 is 6.09 Å². The third kappa shape index (κ3) is 6.55. The van der Waals surface area contributed by atoms with E-state index in [0.717, 1.165) is 50.4 Å². The number of hydrogen-bond acceptors (Lipinski definition) is 6. The zero-order valence-corrected chi connectivity index (χ0v) is 19.7. The lowest BCUT2D eigenvalue weighted by molar-refractivity contribution is -0.0524. The minimum absolute atomic E-state index is 0.261. The van der Waals surface area contributed by atoms with Crippen molar-refractivity contribution in [2.75, 3.05) is 25.0 Å². The van der Waals surface area contributed by atoms with Crippen LogP contribution in [0.3, 0.4) is 0 Å². The molecule has 0 bridgehead atoms. The normalized spacial score (nSPS) is 16.6. The smallest absolute Gasteiger partial charge is 0.392 e. The standard InChI is InChI=1S/C23H26ClN5O3S/c24-18-8-9-19(26-16-18)27-22(30)31-20-15-23(32-28-20)10-13-29(14-11-23)21(33)25-12-4-7-17-5-2-1-3-6-17/h1-3,5-6,8-9,16H,4,7,10-15H2,(H,25,33)(H,26,27,30). The zero-order chi connectivity index (χ0) is 23.1. The van der Waals surface area contributed by atoms with Crippen LogP contribution in [-0.4, -0.2) is 52.2 Å². The van der Waals surface area contributed by atoms with E-state index in [0.29, 0.717) is 17.3 Å². The van der Waals surface area contributed by atoms with Gasteiger partial charge in [0.05, 0.1) is 11.4 Å². The van der Waals surface area contributed by atoms with Gasteiger partial charge in [-0.05, 0) is 42.8 Å². The van der Waals surface area contributed by atoms with E-state index in [4.69, 9.17) is 33.4 Å².